The molecule has 1 unspecified atom stereocenters. The highest BCUT2D eigenvalue weighted by atomic mass is 32.2. The molecular formula is C29H31N5O3S. The number of aromatic nitrogens is 3. The Morgan fingerprint density at radius 3 is 2.66 bits per heavy atom. The van der Waals surface area contributed by atoms with Crippen molar-refractivity contribution in [2.45, 2.75) is 43.5 Å². The molecule has 9 heteroatoms. The van der Waals surface area contributed by atoms with Crippen LogP contribution >= 0.6 is 0 Å². The topological polar surface area (TPSA) is 105 Å². The molecular weight excluding hydrogens is 498 g/mol. The molecule has 3 aromatic heterocycles. The fourth-order valence-corrected chi connectivity index (χ4v) is 6.02. The number of carbonyl (C=O) groups is 1. The van der Waals surface area contributed by atoms with Crippen LogP contribution in [-0.4, -0.2) is 48.6 Å². The molecule has 0 radical (unpaired) electrons. The van der Waals surface area contributed by atoms with E-state index in [-0.39, 0.29) is 17.3 Å². The number of carbonyl (C=O) groups excluding carboxylic acids is 1. The Morgan fingerprint density at radius 2 is 1.87 bits per heavy atom. The Hall–Kier alpha value is -3.85. The van der Waals surface area contributed by atoms with Crippen molar-refractivity contribution in [3.63, 3.8) is 0 Å². The number of hydrogen-bond acceptors (Lipinski definition) is 7. The Bertz CT molecular complexity index is 1570. The van der Waals surface area contributed by atoms with Gasteiger partial charge in [-0.25, -0.2) is 13.4 Å². The van der Waals surface area contributed by atoms with E-state index >= 15 is 0 Å². The van der Waals surface area contributed by atoms with Crippen LogP contribution in [0.1, 0.15) is 52.4 Å². The van der Waals surface area contributed by atoms with Crippen molar-refractivity contribution in [2.75, 3.05) is 24.2 Å². The molecule has 4 heterocycles. The van der Waals surface area contributed by atoms with E-state index in [2.05, 4.69) is 38.4 Å². The van der Waals surface area contributed by atoms with Gasteiger partial charge in [0.2, 0.25) is 0 Å². The second-order valence-electron chi connectivity index (χ2n) is 9.87. The smallest absolute Gasteiger partial charge is 0.251 e. The van der Waals surface area contributed by atoms with E-state index in [0.717, 1.165) is 55.3 Å². The van der Waals surface area contributed by atoms with E-state index in [4.69, 9.17) is 4.98 Å². The maximum absolute atomic E-state index is 12.7. The molecule has 4 aromatic rings. The molecule has 0 spiro atoms. The Labute approximate surface area is 223 Å². The molecule has 0 bridgehead atoms. The maximum atomic E-state index is 12.7. The lowest BCUT2D eigenvalue weighted by molar-refractivity contribution is 0.0950. The number of nitrogens with zero attached hydrogens (tertiary/aromatic N) is 4. The van der Waals surface area contributed by atoms with Crippen molar-refractivity contribution in [3.8, 4) is 0 Å². The molecule has 1 saturated heterocycles. The SMILES string of the molecule is Cc1ccc(C(=O)NCc2cc3nc(N4CCCC(c5ccncc5)CC4)ccc3cn2)cc1S(C)(=O)=O. The van der Waals surface area contributed by atoms with E-state index in [9.17, 15) is 13.2 Å². The summed E-state index contributed by atoms with van der Waals surface area (Å²) in [6.45, 7) is 3.81. The van der Waals surface area contributed by atoms with Gasteiger partial charge in [0.15, 0.2) is 9.84 Å². The summed E-state index contributed by atoms with van der Waals surface area (Å²) in [7, 11) is -3.42. The van der Waals surface area contributed by atoms with Crippen LogP contribution in [0.5, 0.6) is 0 Å². The van der Waals surface area contributed by atoms with Gasteiger partial charge < -0.3 is 10.2 Å². The van der Waals surface area contributed by atoms with E-state index in [0.29, 0.717) is 22.7 Å². The third kappa shape index (κ3) is 5.83. The molecule has 38 heavy (non-hydrogen) atoms. The molecule has 1 aliphatic heterocycles. The van der Waals surface area contributed by atoms with Crippen LogP contribution in [-0.2, 0) is 16.4 Å². The third-order valence-electron chi connectivity index (χ3n) is 7.12. The number of fused-ring (bicyclic) bond motifs is 1. The molecule has 0 saturated carbocycles. The highest BCUT2D eigenvalue weighted by Gasteiger charge is 2.20. The molecule has 5 rings (SSSR count). The van der Waals surface area contributed by atoms with E-state index in [1.54, 1.807) is 25.3 Å². The molecule has 0 aliphatic carbocycles. The third-order valence-corrected chi connectivity index (χ3v) is 8.36. The molecule has 1 aliphatic rings. The van der Waals surface area contributed by atoms with Gasteiger partial charge >= 0.3 is 0 Å². The minimum Gasteiger partial charge on any atom is -0.357 e. The maximum Gasteiger partial charge on any atom is 0.251 e. The lowest BCUT2D eigenvalue weighted by Gasteiger charge is -2.22. The highest BCUT2D eigenvalue weighted by molar-refractivity contribution is 7.90. The summed E-state index contributed by atoms with van der Waals surface area (Å²) in [6.07, 6.45) is 9.95. The monoisotopic (exact) mass is 529 g/mol. The zero-order chi connectivity index (χ0) is 26.7. The zero-order valence-corrected chi connectivity index (χ0v) is 22.4. The number of sulfone groups is 1. The molecule has 1 atom stereocenters. The predicted octanol–water partition coefficient (Wildman–Crippen LogP) is 4.44. The fraction of sp³-hybridized carbons (Fsp3) is 0.310. The molecule has 1 aromatic carbocycles. The molecule has 1 fully saturated rings. The van der Waals surface area contributed by atoms with Gasteiger partial charge in [0.05, 0.1) is 22.7 Å². The summed E-state index contributed by atoms with van der Waals surface area (Å²) in [5.74, 6) is 1.12. The number of rotatable bonds is 6. The van der Waals surface area contributed by atoms with Crippen molar-refractivity contribution < 1.29 is 13.2 Å². The van der Waals surface area contributed by atoms with Crippen LogP contribution in [0, 0.1) is 6.92 Å². The number of pyridine rings is 3. The van der Waals surface area contributed by atoms with Crippen LogP contribution in [0.15, 0.2) is 72.0 Å². The summed E-state index contributed by atoms with van der Waals surface area (Å²) >= 11 is 0. The van der Waals surface area contributed by atoms with Crippen LogP contribution in [0.25, 0.3) is 10.9 Å². The first-order valence-corrected chi connectivity index (χ1v) is 14.7. The van der Waals surface area contributed by atoms with E-state index in [1.807, 2.05) is 24.5 Å². The van der Waals surface area contributed by atoms with Crippen molar-refractivity contribution in [1.29, 1.82) is 0 Å². The second-order valence-corrected chi connectivity index (χ2v) is 11.9. The first-order valence-electron chi connectivity index (χ1n) is 12.8. The Balaban J connectivity index is 1.28. The van der Waals surface area contributed by atoms with Gasteiger partial charge in [-0.2, -0.15) is 0 Å². The molecule has 1 N–H and O–H groups in total. The van der Waals surface area contributed by atoms with Gasteiger partial charge in [0.25, 0.3) is 5.91 Å². The van der Waals surface area contributed by atoms with Gasteiger partial charge in [-0.3, -0.25) is 14.8 Å². The van der Waals surface area contributed by atoms with Gasteiger partial charge in [-0.15, -0.1) is 0 Å². The van der Waals surface area contributed by atoms with Crippen molar-refractivity contribution in [3.05, 3.63) is 89.5 Å². The highest BCUT2D eigenvalue weighted by Crippen LogP contribution is 2.29. The number of amides is 1. The van der Waals surface area contributed by atoms with Crippen LogP contribution < -0.4 is 10.2 Å². The lowest BCUT2D eigenvalue weighted by atomic mass is 9.93. The van der Waals surface area contributed by atoms with Crippen LogP contribution in [0.3, 0.4) is 0 Å². The summed E-state index contributed by atoms with van der Waals surface area (Å²) in [5.41, 5.74) is 3.76. The molecule has 8 nitrogen and oxygen atoms in total. The minimum atomic E-state index is -3.42. The van der Waals surface area contributed by atoms with Crippen LogP contribution in [0.4, 0.5) is 5.82 Å². The number of benzene rings is 1. The van der Waals surface area contributed by atoms with Crippen molar-refractivity contribution in [2.24, 2.45) is 0 Å². The zero-order valence-electron chi connectivity index (χ0n) is 21.6. The number of anilines is 1. The number of aryl methyl sites for hydroxylation is 1. The van der Waals surface area contributed by atoms with Gasteiger partial charge in [-0.05, 0) is 85.7 Å². The largest absolute Gasteiger partial charge is 0.357 e. The standard InChI is InChI=1S/C29H31N5O3S/c1-20-5-6-23(16-27(20)38(2,36)37)29(35)32-19-25-17-26-24(18-31-25)7-8-28(33-26)34-14-3-4-21(11-15-34)22-9-12-30-13-10-22/h5-10,12-13,16-18,21H,3-4,11,14-15,19H2,1-2H3,(H,32,35). The first kappa shape index (κ1) is 25.8. The first-order chi connectivity index (χ1) is 18.3. The van der Waals surface area contributed by atoms with Crippen LogP contribution in [0.2, 0.25) is 0 Å². The Morgan fingerprint density at radius 1 is 1.05 bits per heavy atom. The summed E-state index contributed by atoms with van der Waals surface area (Å²) in [6, 6.07) is 14.9. The number of nitrogens with one attached hydrogen (secondary N) is 1. The summed E-state index contributed by atoms with van der Waals surface area (Å²) in [4.78, 5) is 28.8. The van der Waals surface area contributed by atoms with E-state index < -0.39 is 9.84 Å². The Kier molecular flexibility index (Phi) is 7.37. The number of hydrogen-bond donors (Lipinski definition) is 1. The van der Waals surface area contributed by atoms with E-state index in [1.165, 1.54) is 11.6 Å². The molecule has 196 valence electrons. The average Bonchev–Trinajstić information content (AvgIpc) is 3.18. The van der Waals surface area contributed by atoms with Gasteiger partial charge in [0.1, 0.15) is 5.82 Å². The van der Waals surface area contributed by atoms with Crippen molar-refractivity contribution in [1.82, 2.24) is 20.3 Å². The summed E-state index contributed by atoms with van der Waals surface area (Å²) in [5, 5.41) is 3.78. The van der Waals surface area contributed by atoms with Crippen molar-refractivity contribution >= 4 is 32.5 Å². The van der Waals surface area contributed by atoms with Gasteiger partial charge in [-0.1, -0.05) is 6.07 Å². The quantitative estimate of drug-likeness (QED) is 0.394. The summed E-state index contributed by atoms with van der Waals surface area (Å²) < 4.78 is 24.0. The average molecular weight is 530 g/mol. The second kappa shape index (κ2) is 10.9. The normalized spacial score (nSPS) is 16.3. The molecule has 1 amide bonds. The fourth-order valence-electron chi connectivity index (χ4n) is 5.03. The minimum absolute atomic E-state index is 0.159. The predicted molar refractivity (Wildman–Crippen MR) is 148 cm³/mol. The lowest BCUT2D eigenvalue weighted by Crippen LogP contribution is -2.25. The van der Waals surface area contributed by atoms with Gasteiger partial charge in [0, 0.05) is 48.9 Å².